The highest BCUT2D eigenvalue weighted by molar-refractivity contribution is 5.30. The van der Waals surface area contributed by atoms with Crippen LogP contribution in [0.3, 0.4) is 0 Å². The normalized spacial score (nSPS) is 24.1. The van der Waals surface area contributed by atoms with Crippen LogP contribution in [0.4, 0.5) is 0 Å². The van der Waals surface area contributed by atoms with Crippen molar-refractivity contribution in [3.8, 4) is 5.75 Å². The van der Waals surface area contributed by atoms with Crippen LogP contribution in [-0.2, 0) is 6.54 Å². The fourth-order valence-electron chi connectivity index (χ4n) is 3.72. The average molecular weight is 284 g/mol. The maximum atomic E-state index is 5.21. The standard InChI is InChI=1S/C16H20N4O/c1-19-13-4-3-5-14(19)16-15(13)17-18-20(16)10-11-6-8-12(21-2)9-7-11/h6-9,13-14H,3-5,10H2,1-2H3. The number of nitrogens with zero attached hydrogens (tertiary/aromatic N) is 4. The number of rotatable bonds is 3. The Morgan fingerprint density at radius 1 is 1.19 bits per heavy atom. The maximum absolute atomic E-state index is 5.21. The van der Waals surface area contributed by atoms with E-state index in [9.17, 15) is 0 Å². The van der Waals surface area contributed by atoms with E-state index >= 15 is 0 Å². The van der Waals surface area contributed by atoms with Crippen LogP contribution in [-0.4, -0.2) is 34.1 Å². The second-order valence-corrected chi connectivity index (χ2v) is 5.99. The third-order valence-corrected chi connectivity index (χ3v) is 4.86. The zero-order valence-electron chi connectivity index (χ0n) is 12.5. The van der Waals surface area contributed by atoms with Crippen LogP contribution in [0.25, 0.3) is 0 Å². The van der Waals surface area contributed by atoms with Gasteiger partial charge in [0.2, 0.25) is 0 Å². The van der Waals surface area contributed by atoms with Gasteiger partial charge in [0.15, 0.2) is 0 Å². The van der Waals surface area contributed by atoms with Crippen molar-refractivity contribution in [2.24, 2.45) is 0 Å². The van der Waals surface area contributed by atoms with Crippen LogP contribution in [0.15, 0.2) is 24.3 Å². The molecule has 2 aromatic rings. The molecule has 2 atom stereocenters. The number of hydrogen-bond donors (Lipinski definition) is 0. The summed E-state index contributed by atoms with van der Waals surface area (Å²) in [5.74, 6) is 0.887. The monoisotopic (exact) mass is 284 g/mol. The summed E-state index contributed by atoms with van der Waals surface area (Å²) in [7, 11) is 3.91. The molecule has 21 heavy (non-hydrogen) atoms. The zero-order valence-corrected chi connectivity index (χ0v) is 12.5. The maximum Gasteiger partial charge on any atom is 0.118 e. The third-order valence-electron chi connectivity index (χ3n) is 4.86. The van der Waals surface area contributed by atoms with Crippen LogP contribution in [0.1, 0.15) is 48.3 Å². The molecular weight excluding hydrogens is 264 g/mol. The topological polar surface area (TPSA) is 43.2 Å². The van der Waals surface area contributed by atoms with E-state index in [-0.39, 0.29) is 0 Å². The van der Waals surface area contributed by atoms with E-state index in [2.05, 4.69) is 39.1 Å². The van der Waals surface area contributed by atoms with Crippen molar-refractivity contribution >= 4 is 0 Å². The van der Waals surface area contributed by atoms with Gasteiger partial charge in [0.25, 0.3) is 0 Å². The van der Waals surface area contributed by atoms with Gasteiger partial charge in [-0.15, -0.1) is 5.10 Å². The van der Waals surface area contributed by atoms with E-state index in [0.717, 1.165) is 12.3 Å². The molecule has 2 aliphatic rings. The minimum Gasteiger partial charge on any atom is -0.497 e. The van der Waals surface area contributed by atoms with E-state index in [1.165, 1.54) is 36.2 Å². The first-order valence-electron chi connectivity index (χ1n) is 7.56. The highest BCUT2D eigenvalue weighted by atomic mass is 16.5. The van der Waals surface area contributed by atoms with Gasteiger partial charge in [0, 0.05) is 0 Å². The SMILES string of the molecule is COc1ccc(Cn2nnc3c2C2CCCC3N2C)cc1. The van der Waals surface area contributed by atoms with E-state index in [1.54, 1.807) is 7.11 Å². The summed E-state index contributed by atoms with van der Waals surface area (Å²) in [5, 5.41) is 8.87. The lowest BCUT2D eigenvalue weighted by Crippen LogP contribution is -2.27. The van der Waals surface area contributed by atoms with Crippen molar-refractivity contribution in [2.45, 2.75) is 37.9 Å². The van der Waals surface area contributed by atoms with Crippen LogP contribution in [0, 0.1) is 0 Å². The van der Waals surface area contributed by atoms with Crippen LogP contribution in [0.5, 0.6) is 5.75 Å². The summed E-state index contributed by atoms with van der Waals surface area (Å²) < 4.78 is 7.29. The molecule has 2 aliphatic heterocycles. The number of benzene rings is 1. The Bertz CT molecular complexity index is 649. The largest absolute Gasteiger partial charge is 0.497 e. The molecule has 1 saturated heterocycles. The smallest absolute Gasteiger partial charge is 0.118 e. The van der Waals surface area contributed by atoms with E-state index in [1.807, 2.05) is 12.1 Å². The summed E-state index contributed by atoms with van der Waals surface area (Å²) in [4.78, 5) is 2.47. The fourth-order valence-corrected chi connectivity index (χ4v) is 3.72. The molecular formula is C16H20N4O. The second kappa shape index (κ2) is 4.84. The molecule has 2 bridgehead atoms. The zero-order chi connectivity index (χ0) is 14.4. The van der Waals surface area contributed by atoms with Crippen molar-refractivity contribution in [3.63, 3.8) is 0 Å². The molecule has 0 aliphatic carbocycles. The lowest BCUT2D eigenvalue weighted by atomic mass is 10.0. The Morgan fingerprint density at radius 2 is 1.95 bits per heavy atom. The molecule has 5 nitrogen and oxygen atoms in total. The van der Waals surface area contributed by atoms with Gasteiger partial charge in [-0.1, -0.05) is 17.3 Å². The number of hydrogen-bond acceptors (Lipinski definition) is 4. The third kappa shape index (κ3) is 1.95. The van der Waals surface area contributed by atoms with Crippen LogP contribution >= 0.6 is 0 Å². The van der Waals surface area contributed by atoms with Gasteiger partial charge in [-0.3, -0.25) is 4.90 Å². The van der Waals surface area contributed by atoms with Gasteiger partial charge >= 0.3 is 0 Å². The van der Waals surface area contributed by atoms with Gasteiger partial charge in [-0.2, -0.15) is 0 Å². The summed E-state index contributed by atoms with van der Waals surface area (Å²) in [6, 6.07) is 9.15. The van der Waals surface area contributed by atoms with Gasteiger partial charge in [-0.25, -0.2) is 4.68 Å². The summed E-state index contributed by atoms with van der Waals surface area (Å²) >= 11 is 0. The molecule has 0 radical (unpaired) electrons. The van der Waals surface area contributed by atoms with E-state index < -0.39 is 0 Å². The lowest BCUT2D eigenvalue weighted by Gasteiger charge is -2.31. The Morgan fingerprint density at radius 3 is 2.71 bits per heavy atom. The summed E-state index contributed by atoms with van der Waals surface area (Å²) in [6.45, 7) is 0.781. The molecule has 1 aromatic heterocycles. The lowest BCUT2D eigenvalue weighted by molar-refractivity contribution is 0.136. The summed E-state index contributed by atoms with van der Waals surface area (Å²) in [5.41, 5.74) is 3.76. The Kier molecular flexibility index (Phi) is 2.96. The first kappa shape index (κ1) is 12.8. The number of methoxy groups -OCH3 is 1. The molecule has 0 N–H and O–H groups in total. The van der Waals surface area contributed by atoms with Crippen molar-refractivity contribution < 1.29 is 4.74 Å². The molecule has 5 heteroatoms. The molecule has 4 rings (SSSR count). The van der Waals surface area contributed by atoms with Crippen molar-refractivity contribution in [1.82, 2.24) is 19.9 Å². The van der Waals surface area contributed by atoms with E-state index in [4.69, 9.17) is 4.74 Å². The number of ether oxygens (including phenoxy) is 1. The molecule has 1 aromatic carbocycles. The van der Waals surface area contributed by atoms with Crippen molar-refractivity contribution in [2.75, 3.05) is 14.2 Å². The molecule has 0 amide bonds. The van der Waals surface area contributed by atoms with Gasteiger partial charge < -0.3 is 4.74 Å². The van der Waals surface area contributed by atoms with Gasteiger partial charge in [0.05, 0.1) is 31.4 Å². The highest BCUT2D eigenvalue weighted by Gasteiger charge is 2.43. The average Bonchev–Trinajstić information content (AvgIpc) is 2.95. The Labute approximate surface area is 124 Å². The molecule has 0 spiro atoms. The second-order valence-electron chi connectivity index (χ2n) is 5.99. The molecule has 3 heterocycles. The van der Waals surface area contributed by atoms with Crippen molar-refractivity contribution in [1.29, 1.82) is 0 Å². The predicted molar refractivity (Wildman–Crippen MR) is 79.2 cm³/mol. The minimum absolute atomic E-state index is 0.475. The van der Waals surface area contributed by atoms with Crippen LogP contribution < -0.4 is 4.74 Å². The van der Waals surface area contributed by atoms with Gasteiger partial charge in [0.1, 0.15) is 11.4 Å². The number of aromatic nitrogens is 3. The fraction of sp³-hybridized carbons (Fsp3) is 0.500. The van der Waals surface area contributed by atoms with Crippen molar-refractivity contribution in [3.05, 3.63) is 41.2 Å². The molecule has 110 valence electrons. The number of piperidine rings is 1. The minimum atomic E-state index is 0.475. The van der Waals surface area contributed by atoms with E-state index in [0.29, 0.717) is 12.1 Å². The first-order chi connectivity index (χ1) is 10.3. The molecule has 0 saturated carbocycles. The van der Waals surface area contributed by atoms with Crippen LogP contribution in [0.2, 0.25) is 0 Å². The Hall–Kier alpha value is -1.88. The first-order valence-corrected chi connectivity index (χ1v) is 7.56. The molecule has 2 unspecified atom stereocenters. The number of fused-ring (bicyclic) bond motifs is 5. The predicted octanol–water partition coefficient (Wildman–Crippen LogP) is 2.55. The molecule has 1 fully saturated rings. The Balaban J connectivity index is 1.64. The summed E-state index contributed by atoms with van der Waals surface area (Å²) in [6.07, 6.45) is 3.72. The highest BCUT2D eigenvalue weighted by Crippen LogP contribution is 2.48. The quantitative estimate of drug-likeness (QED) is 0.869. The van der Waals surface area contributed by atoms with Gasteiger partial charge in [-0.05, 0) is 44.0 Å².